The molecular weight excluding hydrogens is 226 g/mol. The van der Waals surface area contributed by atoms with Crippen LogP contribution in [-0.2, 0) is 16.0 Å². The van der Waals surface area contributed by atoms with Gasteiger partial charge in [-0.3, -0.25) is 4.79 Å². The summed E-state index contributed by atoms with van der Waals surface area (Å²) in [7, 11) is 1.59. The number of hydrogen-bond acceptors (Lipinski definition) is 2. The Balaban J connectivity index is 2.02. The molecule has 1 aromatic rings. The number of nitrogens with zero attached hydrogens (tertiary/aromatic N) is 1. The van der Waals surface area contributed by atoms with Crippen LogP contribution in [0.1, 0.15) is 25.3 Å². The van der Waals surface area contributed by atoms with Crippen LogP contribution in [0.25, 0.3) is 0 Å². The molecular formula is C15H21NO2. The highest BCUT2D eigenvalue weighted by atomic mass is 16.5. The van der Waals surface area contributed by atoms with Crippen LogP contribution in [0.2, 0.25) is 0 Å². The summed E-state index contributed by atoms with van der Waals surface area (Å²) in [5.74, 6) is 0.121. The molecule has 2 atom stereocenters. The topological polar surface area (TPSA) is 29.5 Å². The van der Waals surface area contributed by atoms with Gasteiger partial charge in [-0.1, -0.05) is 30.3 Å². The number of amides is 1. The van der Waals surface area contributed by atoms with Crippen molar-refractivity contribution in [3.05, 3.63) is 35.9 Å². The van der Waals surface area contributed by atoms with E-state index in [1.54, 1.807) is 7.11 Å². The van der Waals surface area contributed by atoms with Crippen LogP contribution in [-0.4, -0.2) is 36.6 Å². The van der Waals surface area contributed by atoms with Crippen LogP contribution >= 0.6 is 0 Å². The molecule has 1 fully saturated rings. The molecule has 3 nitrogen and oxygen atoms in total. The van der Waals surface area contributed by atoms with Crippen molar-refractivity contribution in [2.75, 3.05) is 13.7 Å². The first-order chi connectivity index (χ1) is 8.72. The van der Waals surface area contributed by atoms with Crippen LogP contribution in [0, 0.1) is 0 Å². The van der Waals surface area contributed by atoms with Crippen LogP contribution in [0.15, 0.2) is 30.3 Å². The van der Waals surface area contributed by atoms with Gasteiger partial charge in [0, 0.05) is 19.7 Å². The van der Waals surface area contributed by atoms with Crippen LogP contribution in [0.3, 0.4) is 0 Å². The fourth-order valence-corrected chi connectivity index (χ4v) is 2.56. The largest absolute Gasteiger partial charge is 0.372 e. The molecule has 0 spiro atoms. The van der Waals surface area contributed by atoms with Gasteiger partial charge in [0.2, 0.25) is 0 Å². The monoisotopic (exact) mass is 247 g/mol. The van der Waals surface area contributed by atoms with Gasteiger partial charge in [0.15, 0.2) is 0 Å². The van der Waals surface area contributed by atoms with Gasteiger partial charge in [0.05, 0.1) is 0 Å². The zero-order valence-corrected chi connectivity index (χ0v) is 11.1. The molecule has 1 aliphatic heterocycles. The number of likely N-dealkylation sites (tertiary alicyclic amines) is 1. The summed E-state index contributed by atoms with van der Waals surface area (Å²) in [4.78, 5) is 14.2. The Hall–Kier alpha value is -1.35. The summed E-state index contributed by atoms with van der Waals surface area (Å²) in [6, 6.07) is 10.7. The summed E-state index contributed by atoms with van der Waals surface area (Å²) in [6.45, 7) is 2.68. The molecule has 98 valence electrons. The lowest BCUT2D eigenvalue weighted by Gasteiger charge is -2.27. The standard InChI is InChI=1S/C15H21NO2/c1-12(18-2)15(17)16-10-6-9-14(16)11-13-7-4-3-5-8-13/h3-5,7-8,12,14H,6,9-11H2,1-2H3. The van der Waals surface area contributed by atoms with Gasteiger partial charge in [-0.2, -0.15) is 0 Å². The second-order valence-corrected chi connectivity index (χ2v) is 4.90. The van der Waals surface area contributed by atoms with Crippen molar-refractivity contribution in [1.82, 2.24) is 4.90 Å². The molecule has 2 unspecified atom stereocenters. The zero-order valence-electron chi connectivity index (χ0n) is 11.1. The van der Waals surface area contributed by atoms with Crippen LogP contribution in [0.5, 0.6) is 0 Å². The summed E-state index contributed by atoms with van der Waals surface area (Å²) >= 11 is 0. The first kappa shape index (κ1) is 13.1. The highest BCUT2D eigenvalue weighted by Crippen LogP contribution is 2.22. The number of rotatable bonds is 4. The Kier molecular flexibility index (Phi) is 4.37. The molecule has 0 bridgehead atoms. The molecule has 0 aromatic heterocycles. The number of carbonyl (C=O) groups is 1. The van der Waals surface area contributed by atoms with Crippen molar-refractivity contribution in [1.29, 1.82) is 0 Å². The third kappa shape index (κ3) is 2.91. The second-order valence-electron chi connectivity index (χ2n) is 4.90. The summed E-state index contributed by atoms with van der Waals surface area (Å²) in [5.41, 5.74) is 1.30. The lowest BCUT2D eigenvalue weighted by atomic mass is 10.0. The quantitative estimate of drug-likeness (QED) is 0.816. The van der Waals surface area contributed by atoms with E-state index >= 15 is 0 Å². The summed E-state index contributed by atoms with van der Waals surface area (Å²) in [6.07, 6.45) is 2.81. The predicted octanol–water partition coefficient (Wildman–Crippen LogP) is 2.25. The van der Waals surface area contributed by atoms with Gasteiger partial charge in [0.1, 0.15) is 6.10 Å². The lowest BCUT2D eigenvalue weighted by molar-refractivity contribution is -0.141. The van der Waals surface area contributed by atoms with Gasteiger partial charge >= 0.3 is 0 Å². The van der Waals surface area contributed by atoms with Crippen molar-refractivity contribution in [3.63, 3.8) is 0 Å². The molecule has 0 radical (unpaired) electrons. The maximum atomic E-state index is 12.2. The number of hydrogen-bond donors (Lipinski definition) is 0. The molecule has 1 amide bonds. The van der Waals surface area contributed by atoms with E-state index in [-0.39, 0.29) is 12.0 Å². The Morgan fingerprint density at radius 3 is 2.83 bits per heavy atom. The van der Waals surface area contributed by atoms with Gasteiger partial charge in [-0.05, 0) is 31.7 Å². The van der Waals surface area contributed by atoms with E-state index in [0.717, 1.165) is 25.8 Å². The highest BCUT2D eigenvalue weighted by Gasteiger charge is 2.31. The average molecular weight is 247 g/mol. The van der Waals surface area contributed by atoms with Gasteiger partial charge in [0.25, 0.3) is 5.91 Å². The Morgan fingerprint density at radius 2 is 2.17 bits per heavy atom. The predicted molar refractivity (Wildman–Crippen MR) is 71.4 cm³/mol. The van der Waals surface area contributed by atoms with Crippen LogP contribution < -0.4 is 0 Å². The molecule has 3 heteroatoms. The zero-order chi connectivity index (χ0) is 13.0. The number of carbonyl (C=O) groups excluding carboxylic acids is 1. The fraction of sp³-hybridized carbons (Fsp3) is 0.533. The van der Waals surface area contributed by atoms with Crippen molar-refractivity contribution >= 4 is 5.91 Å². The van der Waals surface area contributed by atoms with E-state index in [2.05, 4.69) is 12.1 Å². The first-order valence-electron chi connectivity index (χ1n) is 6.59. The second kappa shape index (κ2) is 6.01. The maximum absolute atomic E-state index is 12.2. The molecule has 18 heavy (non-hydrogen) atoms. The Morgan fingerprint density at radius 1 is 1.44 bits per heavy atom. The first-order valence-corrected chi connectivity index (χ1v) is 6.59. The van der Waals surface area contributed by atoms with E-state index in [1.165, 1.54) is 5.56 Å². The van der Waals surface area contributed by atoms with Crippen molar-refractivity contribution in [2.45, 2.75) is 38.3 Å². The average Bonchev–Trinajstić information content (AvgIpc) is 2.86. The van der Waals surface area contributed by atoms with E-state index in [1.807, 2.05) is 30.0 Å². The van der Waals surface area contributed by atoms with E-state index < -0.39 is 0 Å². The van der Waals surface area contributed by atoms with Crippen molar-refractivity contribution in [3.8, 4) is 0 Å². The smallest absolute Gasteiger partial charge is 0.251 e. The molecule has 1 saturated heterocycles. The molecule has 0 saturated carbocycles. The molecule has 1 aliphatic rings. The molecule has 2 rings (SSSR count). The molecule has 0 aliphatic carbocycles. The van der Waals surface area contributed by atoms with E-state index in [9.17, 15) is 4.79 Å². The number of benzene rings is 1. The number of ether oxygens (including phenoxy) is 1. The summed E-state index contributed by atoms with van der Waals surface area (Å²) in [5, 5.41) is 0. The molecule has 0 N–H and O–H groups in total. The van der Waals surface area contributed by atoms with Crippen LogP contribution in [0.4, 0.5) is 0 Å². The maximum Gasteiger partial charge on any atom is 0.251 e. The van der Waals surface area contributed by atoms with Gasteiger partial charge in [-0.15, -0.1) is 0 Å². The minimum atomic E-state index is -0.332. The van der Waals surface area contributed by atoms with Crippen molar-refractivity contribution < 1.29 is 9.53 Å². The number of methoxy groups -OCH3 is 1. The minimum Gasteiger partial charge on any atom is -0.372 e. The molecule has 1 heterocycles. The van der Waals surface area contributed by atoms with Gasteiger partial charge < -0.3 is 9.64 Å². The van der Waals surface area contributed by atoms with Gasteiger partial charge in [-0.25, -0.2) is 0 Å². The normalized spacial score (nSPS) is 21.0. The minimum absolute atomic E-state index is 0.121. The third-order valence-corrected chi connectivity index (χ3v) is 3.68. The highest BCUT2D eigenvalue weighted by molar-refractivity contribution is 5.81. The Bertz CT molecular complexity index is 391. The lowest BCUT2D eigenvalue weighted by Crippen LogP contribution is -2.42. The summed E-state index contributed by atoms with van der Waals surface area (Å²) < 4.78 is 5.13. The van der Waals surface area contributed by atoms with Crippen molar-refractivity contribution in [2.24, 2.45) is 0 Å². The SMILES string of the molecule is COC(C)C(=O)N1CCCC1Cc1ccccc1. The fourth-order valence-electron chi connectivity index (χ4n) is 2.56. The van der Waals surface area contributed by atoms with E-state index in [0.29, 0.717) is 6.04 Å². The third-order valence-electron chi connectivity index (χ3n) is 3.68. The molecule has 1 aromatic carbocycles. The Labute approximate surface area is 109 Å². The van der Waals surface area contributed by atoms with E-state index in [4.69, 9.17) is 4.74 Å².